The summed E-state index contributed by atoms with van der Waals surface area (Å²) < 4.78 is 10.9. The number of likely N-dealkylation sites (tertiary alicyclic amines) is 1. The normalized spacial score (nSPS) is 28.2. The molecule has 0 N–H and O–H groups in total. The van der Waals surface area contributed by atoms with E-state index < -0.39 is 23.6 Å². The molecule has 1 aromatic rings. The van der Waals surface area contributed by atoms with E-state index in [1.807, 2.05) is 31.3 Å². The highest BCUT2D eigenvalue weighted by Gasteiger charge is 2.48. The van der Waals surface area contributed by atoms with E-state index in [0.717, 1.165) is 5.56 Å². The zero-order chi connectivity index (χ0) is 17.2. The van der Waals surface area contributed by atoms with E-state index in [2.05, 4.69) is 4.90 Å². The van der Waals surface area contributed by atoms with Crippen LogP contribution in [0.25, 0.3) is 0 Å². The van der Waals surface area contributed by atoms with Crippen molar-refractivity contribution in [1.29, 1.82) is 0 Å². The molecule has 0 radical (unpaired) electrons. The third-order valence-electron chi connectivity index (χ3n) is 4.16. The molecule has 1 aliphatic rings. The average molecular weight is 340 g/mol. The van der Waals surface area contributed by atoms with E-state index in [1.165, 1.54) is 13.8 Å². The summed E-state index contributed by atoms with van der Waals surface area (Å²) in [6, 6.07) is 7.59. The number of carbonyl (C=O) groups excluding carboxylic acids is 2. The van der Waals surface area contributed by atoms with E-state index >= 15 is 0 Å². The van der Waals surface area contributed by atoms with Crippen molar-refractivity contribution in [3.8, 4) is 0 Å². The highest BCUT2D eigenvalue weighted by atomic mass is 35.5. The van der Waals surface area contributed by atoms with Gasteiger partial charge in [0, 0.05) is 37.9 Å². The molecule has 1 saturated heterocycles. The molecular formula is C17H22ClNO4. The molecule has 1 fully saturated rings. The van der Waals surface area contributed by atoms with Gasteiger partial charge in [0.1, 0.15) is 6.10 Å². The number of benzene rings is 1. The number of piperidine rings is 1. The van der Waals surface area contributed by atoms with E-state index in [9.17, 15) is 9.59 Å². The monoisotopic (exact) mass is 339 g/mol. The number of halogens is 1. The molecule has 0 spiro atoms. The molecule has 126 valence electrons. The Morgan fingerprint density at radius 1 is 1.26 bits per heavy atom. The fourth-order valence-electron chi connectivity index (χ4n) is 3.25. The molecule has 0 saturated carbocycles. The van der Waals surface area contributed by atoms with Gasteiger partial charge in [-0.15, -0.1) is 0 Å². The quantitative estimate of drug-likeness (QED) is 0.792. The number of ether oxygens (including phenoxy) is 2. The molecular weight excluding hydrogens is 318 g/mol. The molecule has 2 rings (SSSR count). The number of esters is 2. The summed E-state index contributed by atoms with van der Waals surface area (Å²) in [5.41, 5.74) is 0.0861. The molecule has 0 aromatic heterocycles. The fourth-order valence-corrected chi connectivity index (χ4v) is 3.51. The van der Waals surface area contributed by atoms with Crippen molar-refractivity contribution in [2.24, 2.45) is 0 Å². The lowest BCUT2D eigenvalue weighted by Crippen LogP contribution is -2.58. The van der Waals surface area contributed by atoms with Crippen molar-refractivity contribution >= 4 is 23.5 Å². The van der Waals surface area contributed by atoms with Gasteiger partial charge in [0.05, 0.1) is 0 Å². The summed E-state index contributed by atoms with van der Waals surface area (Å²) in [6.45, 7) is 4.95. The van der Waals surface area contributed by atoms with Crippen LogP contribution in [0.3, 0.4) is 0 Å². The van der Waals surface area contributed by atoms with Crippen molar-refractivity contribution in [1.82, 2.24) is 4.90 Å². The van der Waals surface area contributed by atoms with E-state index in [1.54, 1.807) is 6.92 Å². The summed E-state index contributed by atoms with van der Waals surface area (Å²) in [4.78, 5) is 25.0. The van der Waals surface area contributed by atoms with Crippen LogP contribution in [0.5, 0.6) is 0 Å². The minimum Gasteiger partial charge on any atom is -0.458 e. The number of carbonyl (C=O) groups is 2. The van der Waals surface area contributed by atoms with Crippen LogP contribution in [-0.4, -0.2) is 42.1 Å². The summed E-state index contributed by atoms with van der Waals surface area (Å²) in [6.07, 6.45) is -0.0229. The average Bonchev–Trinajstić information content (AvgIpc) is 2.41. The number of likely N-dealkylation sites (N-methyl/N-ethyl adjacent to an activating group) is 1. The first kappa shape index (κ1) is 17.8. The first-order valence-corrected chi connectivity index (χ1v) is 7.92. The molecule has 0 aliphatic carbocycles. The van der Waals surface area contributed by atoms with E-state index in [4.69, 9.17) is 21.1 Å². The van der Waals surface area contributed by atoms with Crippen LogP contribution >= 0.6 is 11.6 Å². The molecule has 0 amide bonds. The predicted octanol–water partition coefficient (Wildman–Crippen LogP) is 2.97. The standard InChI is InChI=1S/C17H22ClNO4/c1-11(20)22-16-9-15(13-7-5-6-8-14(13)18)19(4)10-17(16,3)23-12(2)21/h5-8,15-16H,9-10H2,1-4H3/t15-,16-,17+/m0/s1. The number of hydrogen-bond donors (Lipinski definition) is 0. The summed E-state index contributed by atoms with van der Waals surface area (Å²) in [5, 5.41) is 0.669. The Balaban J connectivity index is 2.32. The lowest BCUT2D eigenvalue weighted by atomic mass is 9.84. The molecule has 0 bridgehead atoms. The van der Waals surface area contributed by atoms with Gasteiger partial charge < -0.3 is 9.47 Å². The Bertz CT molecular complexity index is 606. The molecule has 23 heavy (non-hydrogen) atoms. The molecule has 1 aromatic carbocycles. The third kappa shape index (κ3) is 4.03. The van der Waals surface area contributed by atoms with Gasteiger partial charge in [-0.2, -0.15) is 0 Å². The largest absolute Gasteiger partial charge is 0.458 e. The lowest BCUT2D eigenvalue weighted by molar-refractivity contribution is -0.195. The van der Waals surface area contributed by atoms with E-state index in [-0.39, 0.29) is 6.04 Å². The fraction of sp³-hybridized carbons (Fsp3) is 0.529. The van der Waals surface area contributed by atoms with Crippen LogP contribution in [0.15, 0.2) is 24.3 Å². The molecule has 0 unspecified atom stereocenters. The van der Waals surface area contributed by atoms with Crippen LogP contribution in [0.2, 0.25) is 5.02 Å². The Hall–Kier alpha value is -1.59. The minimum absolute atomic E-state index is 0.0170. The Morgan fingerprint density at radius 3 is 2.48 bits per heavy atom. The zero-order valence-corrected chi connectivity index (χ0v) is 14.6. The smallest absolute Gasteiger partial charge is 0.303 e. The van der Waals surface area contributed by atoms with Gasteiger partial charge in [-0.25, -0.2) is 0 Å². The topological polar surface area (TPSA) is 55.8 Å². The predicted molar refractivity (Wildman–Crippen MR) is 87.2 cm³/mol. The second kappa shape index (κ2) is 6.89. The number of hydrogen-bond acceptors (Lipinski definition) is 5. The van der Waals surface area contributed by atoms with Crippen molar-refractivity contribution in [3.05, 3.63) is 34.9 Å². The first-order valence-electron chi connectivity index (χ1n) is 7.54. The van der Waals surface area contributed by atoms with Gasteiger partial charge >= 0.3 is 11.9 Å². The minimum atomic E-state index is -0.885. The van der Waals surface area contributed by atoms with Crippen molar-refractivity contribution in [3.63, 3.8) is 0 Å². The maximum atomic E-state index is 11.5. The van der Waals surface area contributed by atoms with Crippen molar-refractivity contribution in [2.75, 3.05) is 13.6 Å². The number of rotatable bonds is 3. The van der Waals surface area contributed by atoms with Gasteiger partial charge in [-0.05, 0) is 25.6 Å². The van der Waals surface area contributed by atoms with Crippen LogP contribution < -0.4 is 0 Å². The molecule has 1 heterocycles. The van der Waals surface area contributed by atoms with E-state index in [0.29, 0.717) is 18.0 Å². The Kier molecular flexibility index (Phi) is 5.32. The van der Waals surface area contributed by atoms with Gasteiger partial charge in [0.2, 0.25) is 0 Å². The molecule has 3 atom stereocenters. The molecule has 6 heteroatoms. The second-order valence-electron chi connectivity index (χ2n) is 6.19. The van der Waals surface area contributed by atoms with Crippen LogP contribution in [0, 0.1) is 0 Å². The third-order valence-corrected chi connectivity index (χ3v) is 4.51. The Morgan fingerprint density at radius 2 is 1.91 bits per heavy atom. The zero-order valence-electron chi connectivity index (χ0n) is 13.8. The van der Waals surface area contributed by atoms with Gasteiger partial charge in [-0.1, -0.05) is 29.8 Å². The Labute approximate surface area is 141 Å². The van der Waals surface area contributed by atoms with Crippen molar-refractivity contribution in [2.45, 2.75) is 44.9 Å². The van der Waals surface area contributed by atoms with Gasteiger partial charge in [0.25, 0.3) is 0 Å². The molecule has 1 aliphatic heterocycles. The summed E-state index contributed by atoms with van der Waals surface area (Å²) in [5.74, 6) is -0.787. The van der Waals surface area contributed by atoms with Gasteiger partial charge in [-0.3, -0.25) is 14.5 Å². The number of nitrogens with zero attached hydrogens (tertiary/aromatic N) is 1. The molecule has 5 nitrogen and oxygen atoms in total. The lowest BCUT2D eigenvalue weighted by Gasteiger charge is -2.47. The van der Waals surface area contributed by atoms with Crippen LogP contribution in [0.4, 0.5) is 0 Å². The highest BCUT2D eigenvalue weighted by Crippen LogP contribution is 2.40. The maximum Gasteiger partial charge on any atom is 0.303 e. The second-order valence-corrected chi connectivity index (χ2v) is 6.60. The summed E-state index contributed by atoms with van der Waals surface area (Å²) in [7, 11) is 1.94. The first-order chi connectivity index (χ1) is 10.7. The van der Waals surface area contributed by atoms with Crippen LogP contribution in [0.1, 0.15) is 38.8 Å². The highest BCUT2D eigenvalue weighted by molar-refractivity contribution is 6.31. The van der Waals surface area contributed by atoms with Gasteiger partial charge in [0.15, 0.2) is 5.60 Å². The SMILES string of the molecule is CC(=O)O[C@H]1C[C@@H](c2ccccc2Cl)N(C)C[C@@]1(C)OC(C)=O. The van der Waals surface area contributed by atoms with Crippen molar-refractivity contribution < 1.29 is 19.1 Å². The van der Waals surface area contributed by atoms with Crippen LogP contribution in [-0.2, 0) is 19.1 Å². The maximum absolute atomic E-state index is 11.5. The summed E-state index contributed by atoms with van der Waals surface area (Å²) >= 11 is 6.31.